The molecule has 0 aliphatic carbocycles. The summed E-state index contributed by atoms with van der Waals surface area (Å²) >= 11 is 0. The zero-order valence-electron chi connectivity index (χ0n) is 15.8. The first-order valence-corrected chi connectivity index (χ1v) is 8.94. The third-order valence-electron chi connectivity index (χ3n) is 4.67. The Hall–Kier alpha value is -2.77. The Morgan fingerprint density at radius 2 is 1.22 bits per heavy atom. The summed E-state index contributed by atoms with van der Waals surface area (Å²) in [6.45, 7) is 6.95. The highest BCUT2D eigenvalue weighted by molar-refractivity contribution is 6.15. The van der Waals surface area contributed by atoms with Crippen LogP contribution in [0, 0.1) is 0 Å². The van der Waals surface area contributed by atoms with Gasteiger partial charge in [0.1, 0.15) is 5.57 Å². The maximum absolute atomic E-state index is 12.1. The van der Waals surface area contributed by atoms with Gasteiger partial charge in [0.05, 0.1) is 11.5 Å². The minimum atomic E-state index is -1.26. The van der Waals surface area contributed by atoms with Crippen LogP contribution in [-0.4, -0.2) is 29.5 Å². The molecule has 0 bridgehead atoms. The molecule has 0 spiro atoms. The third-order valence-corrected chi connectivity index (χ3v) is 4.67. The predicted octanol–water partition coefficient (Wildman–Crippen LogP) is 1.75. The van der Waals surface area contributed by atoms with Gasteiger partial charge in [0, 0.05) is 12.8 Å². The second kappa shape index (κ2) is 7.85. The molecular formula is C19H23O8-. The fraction of sp³-hybridized carbons (Fsp3) is 0.526. The lowest BCUT2D eigenvalue weighted by Gasteiger charge is -2.43. The van der Waals surface area contributed by atoms with Gasteiger partial charge >= 0.3 is 17.9 Å². The van der Waals surface area contributed by atoms with Crippen molar-refractivity contribution in [1.82, 2.24) is 0 Å². The summed E-state index contributed by atoms with van der Waals surface area (Å²) in [5, 5.41) is 12.1. The predicted molar refractivity (Wildman–Crippen MR) is 90.2 cm³/mol. The number of esters is 3. The van der Waals surface area contributed by atoms with Crippen molar-refractivity contribution < 1.29 is 38.4 Å². The molecule has 0 aromatic carbocycles. The fourth-order valence-corrected chi connectivity index (χ4v) is 2.69. The first-order chi connectivity index (χ1) is 12.7. The average Bonchev–Trinajstić information content (AvgIpc) is 2.65. The zero-order valence-corrected chi connectivity index (χ0v) is 15.8. The zero-order chi connectivity index (χ0) is 20.2. The molecule has 0 radical (unpaired) electrons. The molecule has 8 heteroatoms. The SMILES string of the molecule is CCC1(CC)OC(=O)C(=C/C=C/C2=C([O-])OC(CC)(CC)OC2=O)C(=O)O1. The van der Waals surface area contributed by atoms with Crippen molar-refractivity contribution in [3.63, 3.8) is 0 Å². The van der Waals surface area contributed by atoms with Gasteiger partial charge in [-0.1, -0.05) is 33.8 Å². The van der Waals surface area contributed by atoms with Gasteiger partial charge in [-0.2, -0.15) is 0 Å². The third kappa shape index (κ3) is 3.99. The molecule has 1 saturated heterocycles. The minimum Gasteiger partial charge on any atom is -0.574 e. The molecule has 0 atom stereocenters. The smallest absolute Gasteiger partial charge is 0.348 e. The first-order valence-electron chi connectivity index (χ1n) is 8.94. The lowest BCUT2D eigenvalue weighted by Crippen LogP contribution is -2.45. The Kier molecular flexibility index (Phi) is 5.98. The summed E-state index contributed by atoms with van der Waals surface area (Å²) < 4.78 is 20.9. The van der Waals surface area contributed by atoms with Gasteiger partial charge < -0.3 is 24.1 Å². The van der Waals surface area contributed by atoms with Gasteiger partial charge in [0.15, 0.2) is 5.79 Å². The van der Waals surface area contributed by atoms with Crippen LogP contribution in [0.1, 0.15) is 53.4 Å². The topological polar surface area (TPSA) is 111 Å². The maximum atomic E-state index is 12.1. The number of rotatable bonds is 6. The van der Waals surface area contributed by atoms with E-state index in [4.69, 9.17) is 18.9 Å². The molecule has 2 aliphatic rings. The minimum absolute atomic E-state index is 0.330. The average molecular weight is 379 g/mol. The maximum Gasteiger partial charge on any atom is 0.348 e. The molecule has 0 aromatic heterocycles. The van der Waals surface area contributed by atoms with Crippen molar-refractivity contribution in [3.05, 3.63) is 35.3 Å². The molecule has 2 rings (SSSR count). The van der Waals surface area contributed by atoms with Gasteiger partial charge in [0.2, 0.25) is 0 Å². The Morgan fingerprint density at radius 3 is 1.67 bits per heavy atom. The van der Waals surface area contributed by atoms with Crippen LogP contribution in [0.5, 0.6) is 0 Å². The molecule has 8 nitrogen and oxygen atoms in total. The Labute approximate surface area is 157 Å². The normalized spacial score (nSPS) is 21.5. The van der Waals surface area contributed by atoms with E-state index >= 15 is 0 Å². The van der Waals surface area contributed by atoms with Crippen LogP contribution < -0.4 is 5.11 Å². The lowest BCUT2D eigenvalue weighted by molar-refractivity contribution is -0.399. The molecule has 0 N–H and O–H groups in total. The van der Waals surface area contributed by atoms with Crippen molar-refractivity contribution in [3.8, 4) is 0 Å². The van der Waals surface area contributed by atoms with Crippen molar-refractivity contribution in [2.24, 2.45) is 0 Å². The van der Waals surface area contributed by atoms with E-state index in [2.05, 4.69) is 0 Å². The number of hydrogen-bond donors (Lipinski definition) is 0. The van der Waals surface area contributed by atoms with Gasteiger partial charge in [-0.15, -0.1) is 0 Å². The molecule has 0 amide bonds. The number of carbonyl (C=O) groups excluding carboxylic acids is 3. The monoisotopic (exact) mass is 379 g/mol. The molecule has 2 aliphatic heterocycles. The fourth-order valence-electron chi connectivity index (χ4n) is 2.69. The lowest BCUT2D eigenvalue weighted by atomic mass is 10.1. The first kappa shape index (κ1) is 20.5. The van der Waals surface area contributed by atoms with E-state index in [1.807, 2.05) is 0 Å². The summed E-state index contributed by atoms with van der Waals surface area (Å²) in [4.78, 5) is 36.3. The highest BCUT2D eigenvalue weighted by Crippen LogP contribution is 2.32. The second-order valence-corrected chi connectivity index (χ2v) is 6.15. The largest absolute Gasteiger partial charge is 0.574 e. The van der Waals surface area contributed by atoms with Gasteiger partial charge in [-0.05, 0) is 25.0 Å². The van der Waals surface area contributed by atoms with E-state index < -0.39 is 35.4 Å². The number of ether oxygens (including phenoxy) is 4. The Morgan fingerprint density at radius 1 is 0.778 bits per heavy atom. The van der Waals surface area contributed by atoms with Crippen molar-refractivity contribution in [2.75, 3.05) is 0 Å². The van der Waals surface area contributed by atoms with Crippen LogP contribution in [0.15, 0.2) is 35.3 Å². The molecule has 1 fully saturated rings. The molecule has 27 heavy (non-hydrogen) atoms. The van der Waals surface area contributed by atoms with E-state index in [1.165, 1.54) is 6.08 Å². The molecule has 148 valence electrons. The highest BCUT2D eigenvalue weighted by Gasteiger charge is 2.43. The van der Waals surface area contributed by atoms with Gasteiger partial charge in [0.25, 0.3) is 5.79 Å². The van der Waals surface area contributed by atoms with Gasteiger partial charge in [-0.3, -0.25) is 0 Å². The quantitative estimate of drug-likeness (QED) is 0.390. The van der Waals surface area contributed by atoms with E-state index in [1.54, 1.807) is 27.7 Å². The molecular weight excluding hydrogens is 356 g/mol. The summed E-state index contributed by atoms with van der Waals surface area (Å²) in [5.41, 5.74) is -0.670. The van der Waals surface area contributed by atoms with E-state index in [9.17, 15) is 19.5 Å². The van der Waals surface area contributed by atoms with Crippen molar-refractivity contribution >= 4 is 17.9 Å². The molecule has 0 saturated carbocycles. The highest BCUT2D eigenvalue weighted by atomic mass is 16.8. The van der Waals surface area contributed by atoms with Crippen LogP contribution in [0.4, 0.5) is 0 Å². The van der Waals surface area contributed by atoms with Crippen molar-refractivity contribution in [2.45, 2.75) is 65.0 Å². The summed E-state index contributed by atoms with van der Waals surface area (Å²) in [6.07, 6.45) is 4.76. The van der Waals surface area contributed by atoms with E-state index in [0.717, 1.165) is 12.2 Å². The van der Waals surface area contributed by atoms with Crippen LogP contribution in [0.2, 0.25) is 0 Å². The molecule has 0 unspecified atom stereocenters. The van der Waals surface area contributed by atoms with Crippen LogP contribution in [-0.2, 0) is 33.3 Å². The second-order valence-electron chi connectivity index (χ2n) is 6.15. The summed E-state index contributed by atoms with van der Waals surface area (Å²) in [6, 6.07) is 0. The Balaban J connectivity index is 2.20. The number of hydrogen-bond acceptors (Lipinski definition) is 8. The standard InChI is InChI=1S/C19H24O8/c1-5-18(6-2)24-14(20)12(15(21)25-18)10-9-11-13-16(22)26-19(7-3,8-4)27-17(13)23/h9-11,20H,5-8H2,1-4H3/p-1/b10-9+. The van der Waals surface area contributed by atoms with Crippen LogP contribution in [0.3, 0.4) is 0 Å². The van der Waals surface area contributed by atoms with E-state index in [-0.39, 0.29) is 11.1 Å². The number of allylic oxidation sites excluding steroid dienone is 2. The molecule has 2 heterocycles. The number of carbonyl (C=O) groups is 3. The molecule has 0 aromatic rings. The number of cyclic esters (lactones) is 3. The summed E-state index contributed by atoms with van der Waals surface area (Å²) in [5.74, 6) is -5.82. The van der Waals surface area contributed by atoms with E-state index in [0.29, 0.717) is 25.7 Å². The van der Waals surface area contributed by atoms with Crippen molar-refractivity contribution in [1.29, 1.82) is 0 Å². The van der Waals surface area contributed by atoms with Crippen LogP contribution in [0.25, 0.3) is 0 Å². The van der Waals surface area contributed by atoms with Crippen LogP contribution >= 0.6 is 0 Å². The van der Waals surface area contributed by atoms with Gasteiger partial charge in [-0.25, -0.2) is 14.4 Å². The summed E-state index contributed by atoms with van der Waals surface area (Å²) in [7, 11) is 0. The Bertz CT molecular complexity index is 698.